The zero-order chi connectivity index (χ0) is 18.5. The van der Waals surface area contributed by atoms with Crippen LogP contribution in [0.15, 0.2) is 48.5 Å². The van der Waals surface area contributed by atoms with Crippen LogP contribution in [0, 0.1) is 11.7 Å². The van der Waals surface area contributed by atoms with E-state index in [2.05, 4.69) is 0 Å². The first-order valence-electron chi connectivity index (χ1n) is 8.76. The third-order valence-corrected chi connectivity index (χ3v) is 5.29. The van der Waals surface area contributed by atoms with E-state index in [0.29, 0.717) is 30.0 Å². The second-order valence-corrected chi connectivity index (χ2v) is 7.40. The molecule has 136 valence electrons. The molecule has 1 aliphatic heterocycles. The van der Waals surface area contributed by atoms with Crippen LogP contribution >= 0.6 is 11.8 Å². The van der Waals surface area contributed by atoms with Gasteiger partial charge in [-0.3, -0.25) is 9.59 Å². The maximum atomic E-state index is 14.5. The SMILES string of the molecule is CSCC(=O)N1CCCC(C(=O)c2ccc(-c3ccccc3)c(F)c2)C1. The highest BCUT2D eigenvalue weighted by atomic mass is 32.2. The fourth-order valence-electron chi connectivity index (χ4n) is 3.39. The summed E-state index contributed by atoms with van der Waals surface area (Å²) in [6.45, 7) is 1.13. The van der Waals surface area contributed by atoms with E-state index < -0.39 is 5.82 Å². The van der Waals surface area contributed by atoms with Crippen molar-refractivity contribution >= 4 is 23.5 Å². The standard InChI is InChI=1S/C21H22FNO2S/c1-26-14-20(24)23-11-5-8-17(13-23)21(25)16-9-10-18(19(22)12-16)15-6-3-2-4-7-15/h2-4,6-7,9-10,12,17H,5,8,11,13-14H2,1H3. The molecule has 0 saturated carbocycles. The van der Waals surface area contributed by atoms with E-state index in [9.17, 15) is 14.0 Å². The fraction of sp³-hybridized carbons (Fsp3) is 0.333. The summed E-state index contributed by atoms with van der Waals surface area (Å²) in [5.74, 6) is -0.225. The van der Waals surface area contributed by atoms with Crippen LogP contribution in [0.3, 0.4) is 0 Å². The zero-order valence-electron chi connectivity index (χ0n) is 14.8. The first-order chi connectivity index (χ1) is 12.6. The average Bonchev–Trinajstić information content (AvgIpc) is 2.68. The third-order valence-electron chi connectivity index (χ3n) is 4.75. The molecule has 5 heteroatoms. The van der Waals surface area contributed by atoms with Gasteiger partial charge in [0.15, 0.2) is 5.78 Å². The number of rotatable bonds is 5. The molecule has 26 heavy (non-hydrogen) atoms. The number of amides is 1. The second kappa shape index (κ2) is 8.49. The summed E-state index contributed by atoms with van der Waals surface area (Å²) in [6, 6.07) is 14.0. The molecular formula is C21H22FNO2S. The first kappa shape index (κ1) is 18.6. The normalized spacial score (nSPS) is 17.2. The van der Waals surface area contributed by atoms with Crippen molar-refractivity contribution in [1.82, 2.24) is 4.90 Å². The van der Waals surface area contributed by atoms with Gasteiger partial charge in [-0.25, -0.2) is 4.39 Å². The molecule has 1 saturated heterocycles. The van der Waals surface area contributed by atoms with Crippen LogP contribution in [0.2, 0.25) is 0 Å². The third kappa shape index (κ3) is 4.15. The Morgan fingerprint density at radius 3 is 2.65 bits per heavy atom. The molecule has 0 spiro atoms. The molecule has 1 unspecified atom stereocenters. The van der Waals surface area contributed by atoms with Crippen LogP contribution in [-0.2, 0) is 4.79 Å². The number of hydrogen-bond acceptors (Lipinski definition) is 3. The number of carbonyl (C=O) groups is 2. The zero-order valence-corrected chi connectivity index (χ0v) is 15.6. The molecular weight excluding hydrogens is 349 g/mol. The largest absolute Gasteiger partial charge is 0.341 e. The van der Waals surface area contributed by atoms with Crippen molar-refractivity contribution in [3.8, 4) is 11.1 Å². The first-order valence-corrected chi connectivity index (χ1v) is 10.2. The van der Waals surface area contributed by atoms with Crippen molar-refractivity contribution in [2.75, 3.05) is 25.1 Å². The van der Waals surface area contributed by atoms with E-state index in [1.54, 1.807) is 17.0 Å². The topological polar surface area (TPSA) is 37.4 Å². The molecule has 1 heterocycles. The van der Waals surface area contributed by atoms with Gasteiger partial charge in [-0.05, 0) is 30.7 Å². The Balaban J connectivity index is 1.75. The number of Topliss-reactive ketones (excluding diaryl/α,β-unsaturated/α-hetero) is 1. The van der Waals surface area contributed by atoms with Gasteiger partial charge < -0.3 is 4.90 Å². The van der Waals surface area contributed by atoms with Crippen LogP contribution in [0.25, 0.3) is 11.1 Å². The van der Waals surface area contributed by atoms with Crippen molar-refractivity contribution in [2.24, 2.45) is 5.92 Å². The van der Waals surface area contributed by atoms with Crippen LogP contribution in [0.4, 0.5) is 4.39 Å². The Morgan fingerprint density at radius 2 is 1.96 bits per heavy atom. The van der Waals surface area contributed by atoms with E-state index >= 15 is 0 Å². The van der Waals surface area contributed by atoms with Gasteiger partial charge in [-0.2, -0.15) is 11.8 Å². The van der Waals surface area contributed by atoms with Gasteiger partial charge in [0.1, 0.15) is 5.82 Å². The number of halogens is 1. The minimum Gasteiger partial charge on any atom is -0.341 e. The summed E-state index contributed by atoms with van der Waals surface area (Å²) < 4.78 is 14.5. The van der Waals surface area contributed by atoms with Gasteiger partial charge in [0, 0.05) is 30.1 Å². The van der Waals surface area contributed by atoms with E-state index in [1.165, 1.54) is 17.8 Å². The summed E-state index contributed by atoms with van der Waals surface area (Å²) in [4.78, 5) is 26.7. The molecule has 1 aliphatic rings. The molecule has 0 radical (unpaired) electrons. The summed E-state index contributed by atoms with van der Waals surface area (Å²) >= 11 is 1.49. The predicted octanol–water partition coefficient (Wildman–Crippen LogP) is 4.28. The highest BCUT2D eigenvalue weighted by Crippen LogP contribution is 2.26. The van der Waals surface area contributed by atoms with Crippen molar-refractivity contribution in [3.05, 3.63) is 59.9 Å². The van der Waals surface area contributed by atoms with E-state index in [1.807, 2.05) is 36.6 Å². The molecule has 2 aromatic carbocycles. The van der Waals surface area contributed by atoms with Gasteiger partial charge in [-0.15, -0.1) is 0 Å². The maximum Gasteiger partial charge on any atom is 0.232 e. The molecule has 0 aromatic heterocycles. The van der Waals surface area contributed by atoms with Crippen molar-refractivity contribution < 1.29 is 14.0 Å². The number of thioether (sulfide) groups is 1. The minimum atomic E-state index is -0.395. The number of carbonyl (C=O) groups excluding carboxylic acids is 2. The minimum absolute atomic E-state index is 0.0700. The number of piperidine rings is 1. The number of nitrogens with zero attached hydrogens (tertiary/aromatic N) is 1. The smallest absolute Gasteiger partial charge is 0.232 e. The monoisotopic (exact) mass is 371 g/mol. The number of likely N-dealkylation sites (tertiary alicyclic amines) is 1. The summed E-state index contributed by atoms with van der Waals surface area (Å²) in [6.07, 6.45) is 3.44. The number of hydrogen-bond donors (Lipinski definition) is 0. The molecule has 3 rings (SSSR count). The highest BCUT2D eigenvalue weighted by Gasteiger charge is 2.29. The maximum absolute atomic E-state index is 14.5. The molecule has 0 aliphatic carbocycles. The lowest BCUT2D eigenvalue weighted by molar-refractivity contribution is -0.129. The lowest BCUT2D eigenvalue weighted by Crippen LogP contribution is -2.43. The van der Waals surface area contributed by atoms with Crippen LogP contribution in [0.5, 0.6) is 0 Å². The Kier molecular flexibility index (Phi) is 6.09. The van der Waals surface area contributed by atoms with Gasteiger partial charge in [0.05, 0.1) is 5.75 Å². The van der Waals surface area contributed by atoms with Crippen LogP contribution in [-0.4, -0.2) is 41.7 Å². The number of benzene rings is 2. The van der Waals surface area contributed by atoms with E-state index in [0.717, 1.165) is 18.4 Å². The fourth-order valence-corrected chi connectivity index (χ4v) is 3.82. The van der Waals surface area contributed by atoms with Crippen LogP contribution < -0.4 is 0 Å². The second-order valence-electron chi connectivity index (χ2n) is 6.54. The highest BCUT2D eigenvalue weighted by molar-refractivity contribution is 7.99. The predicted molar refractivity (Wildman–Crippen MR) is 104 cm³/mol. The lowest BCUT2D eigenvalue weighted by atomic mass is 9.89. The molecule has 0 N–H and O–H groups in total. The number of ketones is 1. The van der Waals surface area contributed by atoms with Crippen molar-refractivity contribution in [3.63, 3.8) is 0 Å². The summed E-state index contributed by atoms with van der Waals surface area (Å²) in [7, 11) is 0. The molecule has 3 nitrogen and oxygen atoms in total. The summed E-state index contributed by atoms with van der Waals surface area (Å²) in [5.41, 5.74) is 1.66. The molecule has 1 fully saturated rings. The molecule has 0 bridgehead atoms. The molecule has 1 amide bonds. The Hall–Kier alpha value is -2.14. The van der Waals surface area contributed by atoms with Gasteiger partial charge >= 0.3 is 0 Å². The van der Waals surface area contributed by atoms with Gasteiger partial charge in [-0.1, -0.05) is 42.5 Å². The van der Waals surface area contributed by atoms with Crippen molar-refractivity contribution in [1.29, 1.82) is 0 Å². The van der Waals surface area contributed by atoms with E-state index in [4.69, 9.17) is 0 Å². The van der Waals surface area contributed by atoms with Crippen molar-refractivity contribution in [2.45, 2.75) is 12.8 Å². The molecule has 2 aromatic rings. The van der Waals surface area contributed by atoms with Gasteiger partial charge in [0.25, 0.3) is 0 Å². The summed E-state index contributed by atoms with van der Waals surface area (Å²) in [5, 5.41) is 0. The lowest BCUT2D eigenvalue weighted by Gasteiger charge is -2.32. The van der Waals surface area contributed by atoms with Gasteiger partial charge in [0.2, 0.25) is 5.91 Å². The Labute approximate surface area is 157 Å². The van der Waals surface area contributed by atoms with E-state index in [-0.39, 0.29) is 17.6 Å². The Bertz CT molecular complexity index is 794. The van der Waals surface area contributed by atoms with Crippen LogP contribution in [0.1, 0.15) is 23.2 Å². The quantitative estimate of drug-likeness (QED) is 0.737. The molecule has 1 atom stereocenters. The average molecular weight is 371 g/mol. The Morgan fingerprint density at radius 1 is 1.19 bits per heavy atom.